The summed E-state index contributed by atoms with van der Waals surface area (Å²) < 4.78 is 0. The molecule has 0 saturated heterocycles. The Kier molecular flexibility index (Phi) is 4.54. The van der Waals surface area contributed by atoms with E-state index in [4.69, 9.17) is 0 Å². The van der Waals surface area contributed by atoms with E-state index in [9.17, 15) is 0 Å². The third kappa shape index (κ3) is 2.92. The van der Waals surface area contributed by atoms with Crippen molar-refractivity contribution >= 4 is 5.71 Å². The minimum atomic E-state index is 0.426. The van der Waals surface area contributed by atoms with Gasteiger partial charge in [-0.2, -0.15) is 0 Å². The molecule has 2 atom stereocenters. The van der Waals surface area contributed by atoms with Gasteiger partial charge in [-0.1, -0.05) is 45.1 Å². The predicted molar refractivity (Wildman–Crippen MR) is 68.4 cm³/mol. The van der Waals surface area contributed by atoms with Crippen LogP contribution in [0.1, 0.15) is 34.1 Å². The van der Waals surface area contributed by atoms with Crippen LogP contribution in [0.3, 0.4) is 0 Å². The second-order valence-corrected chi connectivity index (χ2v) is 3.78. The summed E-state index contributed by atoms with van der Waals surface area (Å²) in [7, 11) is 0. The number of aliphatic imine (C=N–C) groups is 1. The molecule has 1 heterocycles. The summed E-state index contributed by atoms with van der Waals surface area (Å²) in [6.45, 7) is 8.40. The zero-order valence-electron chi connectivity index (χ0n) is 10.2. The van der Waals surface area contributed by atoms with Crippen molar-refractivity contribution in [2.45, 2.75) is 40.2 Å². The van der Waals surface area contributed by atoms with Crippen molar-refractivity contribution in [3.8, 4) is 0 Å². The number of rotatable bonds is 0. The van der Waals surface area contributed by atoms with E-state index in [2.05, 4.69) is 49.2 Å². The SMILES string of the molecule is CC.CC1C=C2C=CCC=CC2=NC1C. The molecule has 1 heteroatoms. The Morgan fingerprint density at radius 3 is 2.53 bits per heavy atom. The molecule has 2 rings (SSSR count). The summed E-state index contributed by atoms with van der Waals surface area (Å²) in [6, 6.07) is 0.426. The molecule has 0 fully saturated rings. The predicted octanol–water partition coefficient (Wildman–Crippen LogP) is 3.93. The molecule has 0 aromatic carbocycles. The van der Waals surface area contributed by atoms with Gasteiger partial charge in [-0.05, 0) is 30.9 Å². The van der Waals surface area contributed by atoms with Crippen molar-refractivity contribution in [2.75, 3.05) is 0 Å². The van der Waals surface area contributed by atoms with Crippen molar-refractivity contribution in [1.82, 2.24) is 0 Å². The van der Waals surface area contributed by atoms with E-state index >= 15 is 0 Å². The van der Waals surface area contributed by atoms with Gasteiger partial charge < -0.3 is 0 Å². The van der Waals surface area contributed by atoms with Gasteiger partial charge in [0.05, 0.1) is 11.8 Å². The lowest BCUT2D eigenvalue weighted by molar-refractivity contribution is 0.577. The quantitative estimate of drug-likeness (QED) is 0.565. The first-order valence-corrected chi connectivity index (χ1v) is 5.90. The van der Waals surface area contributed by atoms with Crippen molar-refractivity contribution < 1.29 is 0 Å². The number of allylic oxidation sites excluding steroid dienone is 5. The van der Waals surface area contributed by atoms with E-state index in [0.717, 1.165) is 12.1 Å². The zero-order valence-corrected chi connectivity index (χ0v) is 10.2. The maximum absolute atomic E-state index is 4.66. The molecular weight excluding hydrogens is 182 g/mol. The summed E-state index contributed by atoms with van der Waals surface area (Å²) in [6.07, 6.45) is 12.0. The van der Waals surface area contributed by atoms with Crippen LogP contribution in [0.4, 0.5) is 0 Å². The summed E-state index contributed by atoms with van der Waals surface area (Å²) in [5, 5.41) is 0. The smallest absolute Gasteiger partial charge is 0.0643 e. The van der Waals surface area contributed by atoms with Crippen LogP contribution in [0, 0.1) is 5.92 Å². The highest BCUT2D eigenvalue weighted by Gasteiger charge is 2.17. The fourth-order valence-electron chi connectivity index (χ4n) is 1.65. The lowest BCUT2D eigenvalue weighted by Crippen LogP contribution is -2.18. The molecule has 2 unspecified atom stereocenters. The van der Waals surface area contributed by atoms with Crippen LogP contribution in [0.25, 0.3) is 0 Å². The second-order valence-electron chi connectivity index (χ2n) is 3.78. The average molecular weight is 203 g/mol. The maximum Gasteiger partial charge on any atom is 0.0643 e. The number of nitrogens with zero attached hydrogens (tertiary/aromatic N) is 1. The monoisotopic (exact) mass is 203 g/mol. The van der Waals surface area contributed by atoms with Crippen LogP contribution in [0.5, 0.6) is 0 Å². The number of hydrogen-bond acceptors (Lipinski definition) is 1. The van der Waals surface area contributed by atoms with Gasteiger partial charge in [0.15, 0.2) is 0 Å². The molecule has 1 aliphatic carbocycles. The van der Waals surface area contributed by atoms with Gasteiger partial charge in [-0.15, -0.1) is 0 Å². The zero-order chi connectivity index (χ0) is 11.3. The number of hydrogen-bond donors (Lipinski definition) is 0. The highest BCUT2D eigenvalue weighted by Crippen LogP contribution is 2.21. The van der Waals surface area contributed by atoms with Gasteiger partial charge in [-0.25, -0.2) is 0 Å². The molecule has 0 bridgehead atoms. The Morgan fingerprint density at radius 2 is 1.80 bits per heavy atom. The first-order valence-electron chi connectivity index (χ1n) is 5.90. The minimum absolute atomic E-state index is 0.426. The van der Waals surface area contributed by atoms with Gasteiger partial charge in [-0.3, -0.25) is 4.99 Å². The first-order chi connectivity index (χ1) is 7.27. The normalized spacial score (nSPS) is 28.0. The summed E-state index contributed by atoms with van der Waals surface area (Å²) in [5.74, 6) is 0.565. The van der Waals surface area contributed by atoms with Crippen LogP contribution in [0.15, 0.2) is 40.9 Å². The molecule has 0 N–H and O–H groups in total. The highest BCUT2D eigenvalue weighted by molar-refractivity contribution is 6.11. The number of fused-ring (bicyclic) bond motifs is 1. The molecule has 0 aromatic rings. The summed E-state index contributed by atoms with van der Waals surface area (Å²) >= 11 is 0. The van der Waals surface area contributed by atoms with Crippen molar-refractivity contribution in [3.63, 3.8) is 0 Å². The molecule has 0 saturated carbocycles. The standard InChI is InChI=1S/C12H15N.C2H6/c1-9-8-11-6-4-3-5-7-12(11)13-10(9)2;1-2/h4-10H,3H2,1-2H3;1-2H3. The van der Waals surface area contributed by atoms with E-state index in [1.165, 1.54) is 5.57 Å². The highest BCUT2D eigenvalue weighted by atomic mass is 14.8. The fraction of sp³-hybridized carbons (Fsp3) is 0.500. The Balaban J connectivity index is 0.000000531. The maximum atomic E-state index is 4.66. The topological polar surface area (TPSA) is 12.4 Å². The molecule has 1 nitrogen and oxygen atoms in total. The van der Waals surface area contributed by atoms with E-state index < -0.39 is 0 Å². The minimum Gasteiger partial charge on any atom is -0.281 e. The average Bonchev–Trinajstić information content (AvgIpc) is 2.47. The Labute approximate surface area is 93.3 Å². The molecule has 0 amide bonds. The lowest BCUT2D eigenvalue weighted by Gasteiger charge is -2.20. The van der Waals surface area contributed by atoms with Crippen molar-refractivity contribution in [2.24, 2.45) is 10.9 Å². The van der Waals surface area contributed by atoms with Crippen LogP contribution >= 0.6 is 0 Å². The molecule has 15 heavy (non-hydrogen) atoms. The van der Waals surface area contributed by atoms with Gasteiger partial charge in [0.25, 0.3) is 0 Å². The van der Waals surface area contributed by atoms with Crippen LogP contribution in [-0.4, -0.2) is 11.8 Å². The molecule has 82 valence electrons. The van der Waals surface area contributed by atoms with Crippen LogP contribution < -0.4 is 0 Å². The molecule has 0 radical (unpaired) electrons. The van der Waals surface area contributed by atoms with Gasteiger partial charge >= 0.3 is 0 Å². The Bertz CT molecular complexity index is 286. The third-order valence-electron chi connectivity index (χ3n) is 2.69. The van der Waals surface area contributed by atoms with Crippen molar-refractivity contribution in [3.05, 3.63) is 36.0 Å². The van der Waals surface area contributed by atoms with Crippen LogP contribution in [-0.2, 0) is 0 Å². The first kappa shape index (κ1) is 12.0. The largest absolute Gasteiger partial charge is 0.281 e. The van der Waals surface area contributed by atoms with E-state index in [1.54, 1.807) is 0 Å². The Morgan fingerprint density at radius 1 is 1.13 bits per heavy atom. The fourth-order valence-corrected chi connectivity index (χ4v) is 1.65. The summed E-state index contributed by atoms with van der Waals surface area (Å²) in [4.78, 5) is 4.66. The van der Waals surface area contributed by atoms with Gasteiger partial charge in [0, 0.05) is 0 Å². The second kappa shape index (κ2) is 5.69. The van der Waals surface area contributed by atoms with E-state index in [-0.39, 0.29) is 0 Å². The molecule has 0 aromatic heterocycles. The van der Waals surface area contributed by atoms with Crippen LogP contribution in [0.2, 0.25) is 0 Å². The molecule has 2 aliphatic rings. The molecule has 0 spiro atoms. The third-order valence-corrected chi connectivity index (χ3v) is 2.69. The molecule has 1 aliphatic heterocycles. The van der Waals surface area contributed by atoms with E-state index in [0.29, 0.717) is 12.0 Å². The molecular formula is C14H21N. The lowest BCUT2D eigenvalue weighted by atomic mass is 9.94. The van der Waals surface area contributed by atoms with Gasteiger partial charge in [0.2, 0.25) is 0 Å². The summed E-state index contributed by atoms with van der Waals surface area (Å²) in [5.41, 5.74) is 2.44. The Hall–Kier alpha value is -1.11. The van der Waals surface area contributed by atoms with Gasteiger partial charge in [0.1, 0.15) is 0 Å². The van der Waals surface area contributed by atoms with Crippen molar-refractivity contribution in [1.29, 1.82) is 0 Å². The van der Waals surface area contributed by atoms with E-state index in [1.807, 2.05) is 13.8 Å². The number of dihydropyridines is 1.